The molecule has 1 unspecified atom stereocenters. The van der Waals surface area contributed by atoms with Crippen LogP contribution >= 0.6 is 0 Å². The second kappa shape index (κ2) is 4.67. The largest absolute Gasteiger partial charge is 0.331 e. The topological polar surface area (TPSA) is 33.1 Å². The van der Waals surface area contributed by atoms with Gasteiger partial charge in [-0.05, 0) is 52.7 Å². The third-order valence-electron chi connectivity index (χ3n) is 4.86. The van der Waals surface area contributed by atoms with Gasteiger partial charge < -0.3 is 14.8 Å². The minimum Gasteiger partial charge on any atom is -0.331 e. The van der Waals surface area contributed by atoms with Gasteiger partial charge in [-0.15, -0.1) is 0 Å². The van der Waals surface area contributed by atoms with Crippen molar-refractivity contribution in [2.45, 2.75) is 50.2 Å². The summed E-state index contributed by atoms with van der Waals surface area (Å²) in [7, 11) is 4.42. The molecule has 0 radical (unpaired) electrons. The van der Waals surface area contributed by atoms with E-state index in [4.69, 9.17) is 0 Å². The summed E-state index contributed by atoms with van der Waals surface area (Å²) in [5.74, 6) is 0. The van der Waals surface area contributed by atoms with Crippen molar-refractivity contribution in [1.82, 2.24) is 19.8 Å². The molecule has 1 aliphatic heterocycles. The molecule has 1 aromatic rings. The van der Waals surface area contributed by atoms with Crippen LogP contribution in [0.1, 0.15) is 43.8 Å². The minimum absolute atomic E-state index is 0.369. The summed E-state index contributed by atoms with van der Waals surface area (Å²) in [6.45, 7) is 2.24. The lowest BCUT2D eigenvalue weighted by molar-refractivity contribution is 0.0413. The Morgan fingerprint density at radius 1 is 1.44 bits per heavy atom. The molecule has 3 rings (SSSR count). The molecule has 2 aliphatic rings. The Bertz CT molecular complexity index is 400. The standard InChI is InChI=1S/C14H24N4/c1-17(2)14(6-4-7-14)10-18-11-15-9-13(18)12-5-3-8-16-12/h9,11-12,16H,3-8,10H2,1-2H3. The third kappa shape index (κ3) is 1.97. The van der Waals surface area contributed by atoms with Crippen molar-refractivity contribution in [3.8, 4) is 0 Å². The molecule has 0 aromatic carbocycles. The number of hydrogen-bond acceptors (Lipinski definition) is 3. The van der Waals surface area contributed by atoms with E-state index in [1.165, 1.54) is 37.8 Å². The molecule has 1 aliphatic carbocycles. The molecule has 1 aromatic heterocycles. The van der Waals surface area contributed by atoms with Crippen LogP contribution in [0.25, 0.3) is 0 Å². The lowest BCUT2D eigenvalue weighted by Crippen LogP contribution is -2.53. The number of aromatic nitrogens is 2. The predicted octanol–water partition coefficient (Wildman–Crippen LogP) is 1.79. The van der Waals surface area contributed by atoms with Crippen molar-refractivity contribution in [2.24, 2.45) is 0 Å². The van der Waals surface area contributed by atoms with E-state index in [9.17, 15) is 0 Å². The number of nitrogens with one attached hydrogen (secondary N) is 1. The van der Waals surface area contributed by atoms with Crippen molar-refractivity contribution in [3.05, 3.63) is 18.2 Å². The van der Waals surface area contributed by atoms with E-state index in [-0.39, 0.29) is 0 Å². The van der Waals surface area contributed by atoms with E-state index in [1.54, 1.807) is 0 Å². The summed E-state index contributed by atoms with van der Waals surface area (Å²) in [4.78, 5) is 6.78. The second-order valence-corrected chi connectivity index (χ2v) is 6.07. The Morgan fingerprint density at radius 3 is 2.83 bits per heavy atom. The molecule has 4 nitrogen and oxygen atoms in total. The highest BCUT2D eigenvalue weighted by Crippen LogP contribution is 2.38. The fourth-order valence-electron chi connectivity index (χ4n) is 3.34. The predicted molar refractivity (Wildman–Crippen MR) is 72.5 cm³/mol. The van der Waals surface area contributed by atoms with Crippen LogP contribution in [0, 0.1) is 0 Å². The Morgan fingerprint density at radius 2 is 2.28 bits per heavy atom. The van der Waals surface area contributed by atoms with Gasteiger partial charge in [0.15, 0.2) is 0 Å². The zero-order chi connectivity index (χ0) is 12.6. The van der Waals surface area contributed by atoms with Gasteiger partial charge in [0, 0.05) is 24.3 Å². The van der Waals surface area contributed by atoms with Gasteiger partial charge >= 0.3 is 0 Å². The second-order valence-electron chi connectivity index (χ2n) is 6.07. The molecule has 0 amide bonds. The Hall–Kier alpha value is -0.870. The summed E-state index contributed by atoms with van der Waals surface area (Å²) in [6, 6.07) is 0.520. The van der Waals surface area contributed by atoms with Crippen LogP contribution in [0.2, 0.25) is 0 Å². The zero-order valence-electron chi connectivity index (χ0n) is 11.5. The smallest absolute Gasteiger partial charge is 0.0949 e. The third-order valence-corrected chi connectivity index (χ3v) is 4.86. The highest BCUT2D eigenvalue weighted by Gasteiger charge is 2.40. The normalized spacial score (nSPS) is 26.5. The minimum atomic E-state index is 0.369. The summed E-state index contributed by atoms with van der Waals surface area (Å²) < 4.78 is 2.38. The Labute approximate surface area is 109 Å². The molecule has 1 atom stereocenters. The molecule has 18 heavy (non-hydrogen) atoms. The van der Waals surface area contributed by atoms with Crippen LogP contribution in [-0.4, -0.2) is 40.6 Å². The summed E-state index contributed by atoms with van der Waals surface area (Å²) in [5.41, 5.74) is 1.74. The summed E-state index contributed by atoms with van der Waals surface area (Å²) in [5, 5.41) is 3.58. The van der Waals surface area contributed by atoms with Gasteiger partial charge in [0.1, 0.15) is 0 Å². The average molecular weight is 248 g/mol. The van der Waals surface area contributed by atoms with E-state index in [0.717, 1.165) is 13.1 Å². The van der Waals surface area contributed by atoms with Crippen molar-refractivity contribution in [2.75, 3.05) is 20.6 Å². The molecule has 2 heterocycles. The highest BCUT2D eigenvalue weighted by atomic mass is 15.2. The SMILES string of the molecule is CN(C)C1(Cn2cncc2C2CCCN2)CCC1. The first-order chi connectivity index (χ1) is 8.71. The quantitative estimate of drug-likeness (QED) is 0.882. The molecule has 1 saturated carbocycles. The van der Waals surface area contributed by atoms with Crippen LogP contribution in [0.15, 0.2) is 12.5 Å². The maximum absolute atomic E-state index is 4.37. The first kappa shape index (κ1) is 12.2. The van der Waals surface area contributed by atoms with Crippen LogP contribution in [0.3, 0.4) is 0 Å². The van der Waals surface area contributed by atoms with Crippen LogP contribution in [-0.2, 0) is 6.54 Å². The molecular weight excluding hydrogens is 224 g/mol. The Balaban J connectivity index is 1.78. The molecule has 0 bridgehead atoms. The highest BCUT2D eigenvalue weighted by molar-refractivity contribution is 5.09. The fraction of sp³-hybridized carbons (Fsp3) is 0.786. The van der Waals surface area contributed by atoms with E-state index < -0.39 is 0 Å². The number of hydrogen-bond donors (Lipinski definition) is 1. The molecule has 100 valence electrons. The summed E-state index contributed by atoms with van der Waals surface area (Å²) >= 11 is 0. The Kier molecular flexibility index (Phi) is 3.16. The number of nitrogens with zero attached hydrogens (tertiary/aromatic N) is 3. The molecule has 4 heteroatoms. The molecule has 2 fully saturated rings. The van der Waals surface area contributed by atoms with Crippen molar-refractivity contribution < 1.29 is 0 Å². The van der Waals surface area contributed by atoms with Crippen molar-refractivity contribution >= 4 is 0 Å². The van der Waals surface area contributed by atoms with Gasteiger partial charge in [-0.2, -0.15) is 0 Å². The lowest BCUT2D eigenvalue weighted by atomic mass is 9.75. The van der Waals surface area contributed by atoms with Gasteiger partial charge in [-0.1, -0.05) is 0 Å². The van der Waals surface area contributed by atoms with E-state index in [2.05, 4.69) is 33.9 Å². The number of likely N-dealkylation sites (N-methyl/N-ethyl adjacent to an activating group) is 1. The van der Waals surface area contributed by atoms with Crippen LogP contribution in [0.4, 0.5) is 0 Å². The first-order valence-electron chi connectivity index (χ1n) is 7.12. The van der Waals surface area contributed by atoms with Crippen LogP contribution < -0.4 is 5.32 Å². The van der Waals surface area contributed by atoms with Crippen molar-refractivity contribution in [3.63, 3.8) is 0 Å². The van der Waals surface area contributed by atoms with Crippen molar-refractivity contribution in [1.29, 1.82) is 0 Å². The molecule has 1 N–H and O–H groups in total. The number of imidazole rings is 1. The van der Waals surface area contributed by atoms with Crippen LogP contribution in [0.5, 0.6) is 0 Å². The maximum Gasteiger partial charge on any atom is 0.0949 e. The van der Waals surface area contributed by atoms with Gasteiger partial charge in [-0.3, -0.25) is 0 Å². The van der Waals surface area contributed by atoms with Gasteiger partial charge in [-0.25, -0.2) is 4.98 Å². The first-order valence-corrected chi connectivity index (χ1v) is 7.12. The van der Waals surface area contributed by atoms with Gasteiger partial charge in [0.05, 0.1) is 12.0 Å². The van der Waals surface area contributed by atoms with E-state index in [0.29, 0.717) is 11.6 Å². The number of rotatable bonds is 4. The average Bonchev–Trinajstić information content (AvgIpc) is 2.93. The lowest BCUT2D eigenvalue weighted by Gasteiger charge is -2.47. The van der Waals surface area contributed by atoms with Gasteiger partial charge in [0.2, 0.25) is 0 Å². The molecular formula is C14H24N4. The fourth-order valence-corrected chi connectivity index (χ4v) is 3.34. The van der Waals surface area contributed by atoms with E-state index in [1.807, 2.05) is 12.5 Å². The molecule has 0 spiro atoms. The zero-order valence-corrected chi connectivity index (χ0v) is 11.5. The monoisotopic (exact) mass is 248 g/mol. The van der Waals surface area contributed by atoms with Gasteiger partial charge in [0.25, 0.3) is 0 Å². The maximum atomic E-state index is 4.37. The van der Waals surface area contributed by atoms with E-state index >= 15 is 0 Å². The summed E-state index contributed by atoms with van der Waals surface area (Å²) in [6.07, 6.45) is 10.6. The molecule has 1 saturated heterocycles.